The zero-order chi connectivity index (χ0) is 12.8. The minimum Gasteiger partial charge on any atom is -0.379 e. The number of likely N-dealkylation sites (N-methyl/N-ethyl adjacent to an activating group) is 1. The predicted molar refractivity (Wildman–Crippen MR) is 70.5 cm³/mol. The number of nitrogens with one attached hydrogen (secondary N) is 1. The number of amides is 1. The summed E-state index contributed by atoms with van der Waals surface area (Å²) >= 11 is 0. The summed E-state index contributed by atoms with van der Waals surface area (Å²) in [7, 11) is 1.91. The van der Waals surface area contributed by atoms with Crippen molar-refractivity contribution in [1.29, 1.82) is 0 Å². The van der Waals surface area contributed by atoms with E-state index in [0.717, 1.165) is 45.8 Å². The van der Waals surface area contributed by atoms with Crippen LogP contribution in [0.3, 0.4) is 0 Å². The number of ether oxygens (including phenoxy) is 1. The van der Waals surface area contributed by atoms with E-state index in [9.17, 15) is 4.79 Å². The van der Waals surface area contributed by atoms with E-state index < -0.39 is 0 Å². The molecule has 0 aromatic heterocycles. The van der Waals surface area contributed by atoms with E-state index in [0.29, 0.717) is 12.6 Å². The monoisotopic (exact) mass is 255 g/mol. The van der Waals surface area contributed by atoms with E-state index in [1.807, 2.05) is 11.9 Å². The predicted octanol–water partition coefficient (Wildman–Crippen LogP) is -0.0809. The lowest BCUT2D eigenvalue weighted by Crippen LogP contribution is -2.39. The molecule has 0 aromatic carbocycles. The Kier molecular flexibility index (Phi) is 5.41. The number of nitrogens with zero attached hydrogens (tertiary/aromatic N) is 2. The molecule has 0 aromatic rings. The van der Waals surface area contributed by atoms with E-state index in [1.54, 1.807) is 0 Å². The van der Waals surface area contributed by atoms with Gasteiger partial charge in [0.05, 0.1) is 19.8 Å². The molecule has 1 N–H and O–H groups in total. The summed E-state index contributed by atoms with van der Waals surface area (Å²) in [5, 5.41) is 3.24. The number of carbonyl (C=O) groups is 1. The normalized spacial score (nSPS) is 20.9. The quantitative estimate of drug-likeness (QED) is 0.646. The van der Waals surface area contributed by atoms with Gasteiger partial charge in [-0.2, -0.15) is 0 Å². The van der Waals surface area contributed by atoms with Gasteiger partial charge in [0, 0.05) is 26.2 Å². The molecule has 2 fully saturated rings. The molecule has 1 aliphatic carbocycles. The molecule has 1 saturated heterocycles. The van der Waals surface area contributed by atoms with E-state index in [-0.39, 0.29) is 5.91 Å². The molecule has 2 aliphatic rings. The van der Waals surface area contributed by atoms with Crippen molar-refractivity contribution in [2.75, 3.05) is 53.0 Å². The van der Waals surface area contributed by atoms with Crippen molar-refractivity contribution in [1.82, 2.24) is 15.1 Å². The number of rotatable bonds is 7. The van der Waals surface area contributed by atoms with Gasteiger partial charge in [0.25, 0.3) is 0 Å². The zero-order valence-corrected chi connectivity index (χ0v) is 11.4. The van der Waals surface area contributed by atoms with Gasteiger partial charge in [-0.25, -0.2) is 0 Å². The van der Waals surface area contributed by atoms with E-state index in [1.165, 1.54) is 12.8 Å². The van der Waals surface area contributed by atoms with Gasteiger partial charge in [0.2, 0.25) is 5.91 Å². The van der Waals surface area contributed by atoms with Gasteiger partial charge in [-0.05, 0) is 32.4 Å². The molecule has 1 amide bonds. The summed E-state index contributed by atoms with van der Waals surface area (Å²) < 4.78 is 5.31. The van der Waals surface area contributed by atoms with Gasteiger partial charge in [-0.1, -0.05) is 0 Å². The van der Waals surface area contributed by atoms with E-state index in [4.69, 9.17) is 4.74 Å². The maximum atomic E-state index is 11.7. The Bertz CT molecular complexity index is 263. The standard InChI is InChI=1S/C13H25N3O2/c1-15(12-3-4-12)13(17)11-14-5-2-6-16-7-9-18-10-8-16/h12,14H,2-11H2,1H3. The SMILES string of the molecule is CN(C(=O)CNCCCN1CCOCC1)C1CC1. The summed E-state index contributed by atoms with van der Waals surface area (Å²) in [6, 6.07) is 0.521. The van der Waals surface area contributed by atoms with E-state index in [2.05, 4.69) is 10.2 Å². The molecule has 0 bridgehead atoms. The Balaban J connectivity index is 1.46. The van der Waals surface area contributed by atoms with Crippen LogP contribution in [0.25, 0.3) is 0 Å². The molecule has 0 atom stereocenters. The second-order valence-electron chi connectivity index (χ2n) is 5.22. The first kappa shape index (κ1) is 13.8. The van der Waals surface area contributed by atoms with Crippen LogP contribution in [0, 0.1) is 0 Å². The molecule has 0 radical (unpaired) electrons. The average Bonchev–Trinajstić information content (AvgIpc) is 3.23. The van der Waals surface area contributed by atoms with Crippen LogP contribution in [0.5, 0.6) is 0 Å². The first-order chi connectivity index (χ1) is 8.77. The van der Waals surface area contributed by atoms with Crippen molar-refractivity contribution >= 4 is 5.91 Å². The maximum Gasteiger partial charge on any atom is 0.236 e. The summed E-state index contributed by atoms with van der Waals surface area (Å²) in [6.07, 6.45) is 3.46. The minimum atomic E-state index is 0.226. The molecule has 2 rings (SSSR count). The highest BCUT2D eigenvalue weighted by Crippen LogP contribution is 2.24. The van der Waals surface area contributed by atoms with Crippen LogP contribution in [-0.4, -0.2) is 74.7 Å². The fraction of sp³-hybridized carbons (Fsp3) is 0.923. The lowest BCUT2D eigenvalue weighted by Gasteiger charge is -2.26. The fourth-order valence-corrected chi connectivity index (χ4v) is 2.24. The Morgan fingerprint density at radius 3 is 2.78 bits per heavy atom. The first-order valence-corrected chi connectivity index (χ1v) is 7.04. The molecule has 1 aliphatic heterocycles. The van der Waals surface area contributed by atoms with Gasteiger partial charge in [0.1, 0.15) is 0 Å². The largest absolute Gasteiger partial charge is 0.379 e. The highest BCUT2D eigenvalue weighted by Gasteiger charge is 2.28. The molecule has 18 heavy (non-hydrogen) atoms. The van der Waals surface area contributed by atoms with Crippen molar-refractivity contribution < 1.29 is 9.53 Å². The summed E-state index contributed by atoms with van der Waals surface area (Å²) in [5.74, 6) is 0.226. The van der Waals surface area contributed by atoms with Crippen molar-refractivity contribution in [2.24, 2.45) is 0 Å². The van der Waals surface area contributed by atoms with Gasteiger partial charge in [-0.15, -0.1) is 0 Å². The number of hydrogen-bond acceptors (Lipinski definition) is 4. The fourth-order valence-electron chi connectivity index (χ4n) is 2.24. The van der Waals surface area contributed by atoms with Gasteiger partial charge >= 0.3 is 0 Å². The molecule has 5 heteroatoms. The molecule has 1 saturated carbocycles. The van der Waals surface area contributed by atoms with Gasteiger partial charge in [-0.3, -0.25) is 9.69 Å². The second-order valence-corrected chi connectivity index (χ2v) is 5.22. The molecule has 1 heterocycles. The van der Waals surface area contributed by atoms with E-state index >= 15 is 0 Å². The van der Waals surface area contributed by atoms with Gasteiger partial charge < -0.3 is 15.0 Å². The molecule has 104 valence electrons. The van der Waals surface area contributed by atoms with Crippen LogP contribution in [0.2, 0.25) is 0 Å². The molecule has 0 unspecified atom stereocenters. The molecular weight excluding hydrogens is 230 g/mol. The Hall–Kier alpha value is -0.650. The lowest BCUT2D eigenvalue weighted by atomic mass is 10.3. The van der Waals surface area contributed by atoms with Crippen molar-refractivity contribution in [3.8, 4) is 0 Å². The third kappa shape index (κ3) is 4.55. The van der Waals surface area contributed by atoms with Gasteiger partial charge in [0.15, 0.2) is 0 Å². The van der Waals surface area contributed by atoms with Crippen LogP contribution in [0.4, 0.5) is 0 Å². The minimum absolute atomic E-state index is 0.226. The van der Waals surface area contributed by atoms with Crippen LogP contribution >= 0.6 is 0 Å². The van der Waals surface area contributed by atoms with Crippen molar-refractivity contribution in [3.63, 3.8) is 0 Å². The Morgan fingerprint density at radius 2 is 2.11 bits per heavy atom. The van der Waals surface area contributed by atoms with Crippen LogP contribution < -0.4 is 5.32 Å². The summed E-state index contributed by atoms with van der Waals surface area (Å²) in [5.41, 5.74) is 0. The third-order valence-electron chi connectivity index (χ3n) is 3.70. The average molecular weight is 255 g/mol. The third-order valence-corrected chi connectivity index (χ3v) is 3.70. The number of morpholine rings is 1. The maximum absolute atomic E-state index is 11.7. The molecular formula is C13H25N3O2. The van der Waals surface area contributed by atoms with Crippen molar-refractivity contribution in [2.45, 2.75) is 25.3 Å². The van der Waals surface area contributed by atoms with Crippen LogP contribution in [0.15, 0.2) is 0 Å². The Labute approximate surface area is 109 Å². The van der Waals surface area contributed by atoms with Crippen LogP contribution in [0.1, 0.15) is 19.3 Å². The molecule has 0 spiro atoms. The number of carbonyl (C=O) groups excluding carboxylic acids is 1. The first-order valence-electron chi connectivity index (χ1n) is 7.04. The second kappa shape index (κ2) is 7.07. The highest BCUT2D eigenvalue weighted by molar-refractivity contribution is 5.78. The lowest BCUT2D eigenvalue weighted by molar-refractivity contribution is -0.129. The number of hydrogen-bond donors (Lipinski definition) is 1. The highest BCUT2D eigenvalue weighted by atomic mass is 16.5. The van der Waals surface area contributed by atoms with Crippen molar-refractivity contribution in [3.05, 3.63) is 0 Å². The zero-order valence-electron chi connectivity index (χ0n) is 11.4. The smallest absolute Gasteiger partial charge is 0.236 e. The Morgan fingerprint density at radius 1 is 1.39 bits per heavy atom. The summed E-state index contributed by atoms with van der Waals surface area (Å²) in [6.45, 7) is 6.31. The van der Waals surface area contributed by atoms with Crippen LogP contribution in [-0.2, 0) is 9.53 Å². The summed E-state index contributed by atoms with van der Waals surface area (Å²) in [4.78, 5) is 16.0. The molecule has 5 nitrogen and oxygen atoms in total. The topological polar surface area (TPSA) is 44.8 Å².